The van der Waals surface area contributed by atoms with Gasteiger partial charge in [0.15, 0.2) is 0 Å². The second kappa shape index (κ2) is 10.2. The molecule has 3 rings (SSSR count). The van der Waals surface area contributed by atoms with Gasteiger partial charge in [-0.3, -0.25) is 0 Å². The van der Waals surface area contributed by atoms with Crippen LogP contribution in [0.1, 0.15) is 30.2 Å². The number of anilines is 2. The predicted octanol–water partition coefficient (Wildman–Crippen LogP) is 2.79. The van der Waals surface area contributed by atoms with E-state index in [0.29, 0.717) is 42.7 Å². The van der Waals surface area contributed by atoms with Gasteiger partial charge in [0.25, 0.3) is 0 Å². The Morgan fingerprint density at radius 1 is 1.06 bits per heavy atom. The van der Waals surface area contributed by atoms with Crippen LogP contribution in [0, 0.1) is 0 Å². The Balaban J connectivity index is 1.59. The van der Waals surface area contributed by atoms with Gasteiger partial charge in [-0.1, -0.05) is 19.1 Å². The van der Waals surface area contributed by atoms with Crippen LogP contribution in [-0.4, -0.2) is 40.4 Å². The molecule has 0 unspecified atom stereocenters. The number of nitrogen functional groups attached to an aromatic ring is 1. The van der Waals surface area contributed by atoms with Crippen LogP contribution in [0.15, 0.2) is 42.7 Å². The first kappa shape index (κ1) is 22.4. The highest BCUT2D eigenvalue weighted by Gasteiger charge is 2.07. The standard InChI is InChI=1S/C21H26N6O3S/c1-3-15-12-23-21(24-13-15)25-14-17-11-19(27-20(22)26-17)30-18-8-6-16(7-9-18)5-4-10-31(2,28)29/h6-9,11-13H,3-5,10,14H2,1-2H3,(H2,22,26,27)(H,23,24,25). The molecular formula is C21H26N6O3S. The van der Waals surface area contributed by atoms with Gasteiger partial charge in [-0.2, -0.15) is 4.98 Å². The second-order valence-electron chi connectivity index (χ2n) is 7.16. The van der Waals surface area contributed by atoms with Gasteiger partial charge in [0.05, 0.1) is 18.0 Å². The number of nitrogens with zero attached hydrogens (tertiary/aromatic N) is 4. The van der Waals surface area contributed by atoms with Gasteiger partial charge in [-0.25, -0.2) is 23.4 Å². The molecule has 31 heavy (non-hydrogen) atoms. The van der Waals surface area contributed by atoms with Crippen LogP contribution in [0.2, 0.25) is 0 Å². The van der Waals surface area contributed by atoms with E-state index >= 15 is 0 Å². The molecule has 1 aromatic carbocycles. The fraction of sp³-hybridized carbons (Fsp3) is 0.333. The summed E-state index contributed by atoms with van der Waals surface area (Å²) in [4.78, 5) is 16.9. The molecule has 2 heterocycles. The van der Waals surface area contributed by atoms with E-state index in [-0.39, 0.29) is 11.7 Å². The molecule has 3 aromatic rings. The Morgan fingerprint density at radius 3 is 2.42 bits per heavy atom. The smallest absolute Gasteiger partial charge is 0.224 e. The fourth-order valence-electron chi connectivity index (χ4n) is 2.82. The van der Waals surface area contributed by atoms with E-state index in [9.17, 15) is 8.42 Å². The summed E-state index contributed by atoms with van der Waals surface area (Å²) >= 11 is 0. The van der Waals surface area contributed by atoms with Crippen molar-refractivity contribution in [2.24, 2.45) is 0 Å². The Labute approximate surface area is 182 Å². The maximum absolute atomic E-state index is 11.2. The highest BCUT2D eigenvalue weighted by Crippen LogP contribution is 2.22. The molecule has 0 aliphatic rings. The first-order chi connectivity index (χ1) is 14.8. The summed E-state index contributed by atoms with van der Waals surface area (Å²) in [5, 5.41) is 3.10. The first-order valence-electron chi connectivity index (χ1n) is 9.93. The number of sulfone groups is 1. The van der Waals surface area contributed by atoms with Crippen molar-refractivity contribution in [3.8, 4) is 11.6 Å². The number of aryl methyl sites for hydroxylation is 2. The first-order valence-corrected chi connectivity index (χ1v) is 12.0. The molecule has 164 valence electrons. The van der Waals surface area contributed by atoms with Crippen molar-refractivity contribution in [1.82, 2.24) is 19.9 Å². The Hall–Kier alpha value is -3.27. The fourth-order valence-corrected chi connectivity index (χ4v) is 3.49. The monoisotopic (exact) mass is 442 g/mol. The van der Waals surface area contributed by atoms with Crippen molar-refractivity contribution >= 4 is 21.7 Å². The van der Waals surface area contributed by atoms with Crippen molar-refractivity contribution < 1.29 is 13.2 Å². The second-order valence-corrected chi connectivity index (χ2v) is 9.42. The van der Waals surface area contributed by atoms with Crippen molar-refractivity contribution in [2.45, 2.75) is 32.7 Å². The Bertz CT molecular complexity index is 1100. The zero-order valence-electron chi connectivity index (χ0n) is 17.6. The summed E-state index contributed by atoms with van der Waals surface area (Å²) in [6, 6.07) is 9.14. The lowest BCUT2D eigenvalue weighted by Gasteiger charge is -2.09. The van der Waals surface area contributed by atoms with Crippen LogP contribution >= 0.6 is 0 Å². The molecular weight excluding hydrogens is 416 g/mol. The lowest BCUT2D eigenvalue weighted by molar-refractivity contribution is 0.461. The minimum atomic E-state index is -2.94. The van der Waals surface area contributed by atoms with E-state index in [4.69, 9.17) is 10.5 Å². The summed E-state index contributed by atoms with van der Waals surface area (Å²) in [7, 11) is -2.94. The molecule has 0 fully saturated rings. The van der Waals surface area contributed by atoms with Crippen LogP contribution in [-0.2, 0) is 29.2 Å². The van der Waals surface area contributed by atoms with Crippen LogP contribution in [0.3, 0.4) is 0 Å². The number of nitrogens with one attached hydrogen (secondary N) is 1. The maximum atomic E-state index is 11.2. The molecule has 0 saturated carbocycles. The van der Waals surface area contributed by atoms with Crippen molar-refractivity contribution in [2.75, 3.05) is 23.1 Å². The van der Waals surface area contributed by atoms with E-state index in [1.807, 2.05) is 31.2 Å². The number of hydrogen-bond acceptors (Lipinski definition) is 9. The quantitative estimate of drug-likeness (QED) is 0.486. The van der Waals surface area contributed by atoms with E-state index in [1.165, 1.54) is 6.26 Å². The van der Waals surface area contributed by atoms with E-state index < -0.39 is 9.84 Å². The van der Waals surface area contributed by atoms with Crippen molar-refractivity contribution in [1.29, 1.82) is 0 Å². The number of nitrogens with two attached hydrogens (primary N) is 1. The summed E-state index contributed by atoms with van der Waals surface area (Å²) in [6.45, 7) is 2.41. The van der Waals surface area contributed by atoms with Crippen LogP contribution in [0.25, 0.3) is 0 Å². The minimum Gasteiger partial charge on any atom is -0.439 e. The van der Waals surface area contributed by atoms with Gasteiger partial charge in [0, 0.05) is 24.7 Å². The largest absolute Gasteiger partial charge is 0.439 e. The average molecular weight is 443 g/mol. The molecule has 0 atom stereocenters. The molecule has 0 aliphatic heterocycles. The van der Waals surface area contributed by atoms with Crippen molar-refractivity contribution in [3.63, 3.8) is 0 Å². The van der Waals surface area contributed by atoms with Crippen LogP contribution in [0.4, 0.5) is 11.9 Å². The molecule has 0 radical (unpaired) electrons. The molecule has 9 nitrogen and oxygen atoms in total. The van der Waals surface area contributed by atoms with Gasteiger partial charge in [-0.15, -0.1) is 0 Å². The normalized spacial score (nSPS) is 11.3. The lowest BCUT2D eigenvalue weighted by Crippen LogP contribution is -2.08. The molecule has 3 N–H and O–H groups in total. The minimum absolute atomic E-state index is 0.106. The SMILES string of the molecule is CCc1cnc(NCc2cc(Oc3ccc(CCCS(C)(=O)=O)cc3)nc(N)n2)nc1. The van der Waals surface area contributed by atoms with Crippen LogP contribution < -0.4 is 15.8 Å². The molecule has 0 amide bonds. The molecule has 10 heteroatoms. The summed E-state index contributed by atoms with van der Waals surface area (Å²) in [5.41, 5.74) is 8.57. The zero-order valence-corrected chi connectivity index (χ0v) is 18.4. The molecule has 0 saturated heterocycles. The van der Waals surface area contributed by atoms with E-state index in [1.54, 1.807) is 18.5 Å². The summed E-state index contributed by atoms with van der Waals surface area (Å²) in [5.74, 6) is 1.71. The van der Waals surface area contributed by atoms with Gasteiger partial charge in [0.1, 0.15) is 15.6 Å². The third kappa shape index (κ3) is 7.49. The molecule has 0 bridgehead atoms. The zero-order chi connectivity index (χ0) is 22.3. The highest BCUT2D eigenvalue weighted by atomic mass is 32.2. The number of benzene rings is 1. The van der Waals surface area contributed by atoms with E-state index in [2.05, 4.69) is 25.3 Å². The highest BCUT2D eigenvalue weighted by molar-refractivity contribution is 7.90. The number of hydrogen-bond donors (Lipinski definition) is 2. The third-order valence-corrected chi connectivity index (χ3v) is 5.47. The summed E-state index contributed by atoms with van der Waals surface area (Å²) < 4.78 is 28.3. The Kier molecular flexibility index (Phi) is 7.35. The third-order valence-electron chi connectivity index (χ3n) is 4.44. The van der Waals surface area contributed by atoms with Gasteiger partial charge in [-0.05, 0) is 42.5 Å². The molecule has 0 spiro atoms. The number of rotatable bonds is 10. The average Bonchev–Trinajstić information content (AvgIpc) is 2.73. The van der Waals surface area contributed by atoms with Crippen molar-refractivity contribution in [3.05, 3.63) is 59.5 Å². The number of ether oxygens (including phenoxy) is 1. The molecule has 0 aliphatic carbocycles. The number of aromatic nitrogens is 4. The predicted molar refractivity (Wildman–Crippen MR) is 120 cm³/mol. The van der Waals surface area contributed by atoms with E-state index in [0.717, 1.165) is 17.5 Å². The van der Waals surface area contributed by atoms with Crippen LogP contribution in [0.5, 0.6) is 11.6 Å². The van der Waals surface area contributed by atoms with Gasteiger partial charge in [0.2, 0.25) is 17.8 Å². The topological polar surface area (TPSA) is 133 Å². The summed E-state index contributed by atoms with van der Waals surface area (Å²) in [6.07, 6.45) is 6.96. The maximum Gasteiger partial charge on any atom is 0.224 e. The molecule has 2 aromatic heterocycles. The Morgan fingerprint density at radius 2 is 1.77 bits per heavy atom. The van der Waals surface area contributed by atoms with Gasteiger partial charge < -0.3 is 15.8 Å². The lowest BCUT2D eigenvalue weighted by atomic mass is 10.1. The van der Waals surface area contributed by atoms with Gasteiger partial charge >= 0.3 is 0 Å².